The Labute approximate surface area is 245 Å². The largest absolute Gasteiger partial charge is 0.495 e. The van der Waals surface area contributed by atoms with Crippen LogP contribution in [0, 0.1) is 18.2 Å². The van der Waals surface area contributed by atoms with Crippen molar-refractivity contribution in [3.8, 4) is 17.2 Å². The molecule has 0 bridgehead atoms. The van der Waals surface area contributed by atoms with Crippen molar-refractivity contribution in [2.75, 3.05) is 27.4 Å². The number of aromatic nitrogens is 2. The molecule has 2 aliphatic rings. The maximum Gasteiger partial charge on any atom is 0.165 e. The fraction of sp³-hybridized carbons (Fsp3) is 0.294. The summed E-state index contributed by atoms with van der Waals surface area (Å²) in [5.74, 6) is 1.63. The van der Waals surface area contributed by atoms with Crippen molar-refractivity contribution < 1.29 is 18.6 Å². The van der Waals surface area contributed by atoms with Gasteiger partial charge >= 0.3 is 0 Å². The molecule has 1 N–H and O–H groups in total. The van der Waals surface area contributed by atoms with Gasteiger partial charge in [0.05, 0.1) is 31.4 Å². The predicted octanol–water partition coefficient (Wildman–Crippen LogP) is 6.63. The summed E-state index contributed by atoms with van der Waals surface area (Å²) in [5.41, 5.74) is 4.17. The summed E-state index contributed by atoms with van der Waals surface area (Å²) in [7, 11) is 3.30. The zero-order valence-electron chi connectivity index (χ0n) is 24.4. The van der Waals surface area contributed by atoms with Gasteiger partial charge in [0.2, 0.25) is 0 Å². The van der Waals surface area contributed by atoms with Crippen LogP contribution in [0.4, 0.5) is 4.39 Å². The Kier molecular flexibility index (Phi) is 7.10. The van der Waals surface area contributed by atoms with Crippen LogP contribution in [-0.4, -0.2) is 47.7 Å². The van der Waals surface area contributed by atoms with Crippen molar-refractivity contribution >= 4 is 11.9 Å². The first kappa shape index (κ1) is 27.7. The SMILES string of the molecule is COc1cc(/C=C2\CC3(CCOc4ccccc43)CN(C(C)(OC)c3ccc(F)cc3)C2=N)ccc1-n1cnc(C)c1. The molecule has 3 aromatic carbocycles. The first-order valence-corrected chi connectivity index (χ1v) is 14.1. The number of hydrogen-bond acceptors (Lipinski definition) is 5. The second-order valence-electron chi connectivity index (χ2n) is 11.2. The number of aryl methyl sites for hydroxylation is 1. The first-order valence-electron chi connectivity index (χ1n) is 14.1. The molecule has 6 rings (SSSR count). The average Bonchev–Trinajstić information content (AvgIpc) is 3.45. The number of ether oxygens (including phenoxy) is 3. The number of fused-ring (bicyclic) bond motifs is 2. The Bertz CT molecular complexity index is 1660. The molecule has 0 saturated carbocycles. The van der Waals surface area contributed by atoms with Crippen molar-refractivity contribution in [1.82, 2.24) is 14.5 Å². The smallest absolute Gasteiger partial charge is 0.165 e. The molecule has 8 heteroatoms. The highest BCUT2D eigenvalue weighted by molar-refractivity contribution is 6.01. The number of imidazole rings is 1. The molecule has 7 nitrogen and oxygen atoms in total. The summed E-state index contributed by atoms with van der Waals surface area (Å²) in [6.45, 7) is 5.03. The van der Waals surface area contributed by atoms with E-state index in [0.717, 1.165) is 45.8 Å². The van der Waals surface area contributed by atoms with Gasteiger partial charge in [-0.05, 0) is 74.2 Å². The molecule has 3 heterocycles. The lowest BCUT2D eigenvalue weighted by Crippen LogP contribution is -2.59. The van der Waals surface area contributed by atoms with Gasteiger partial charge < -0.3 is 23.7 Å². The number of benzene rings is 3. The van der Waals surface area contributed by atoms with Gasteiger partial charge in [0.1, 0.15) is 23.2 Å². The second-order valence-corrected chi connectivity index (χ2v) is 11.2. The van der Waals surface area contributed by atoms with Crippen LogP contribution in [0.15, 0.2) is 84.8 Å². The molecule has 2 unspecified atom stereocenters. The second kappa shape index (κ2) is 10.8. The van der Waals surface area contributed by atoms with E-state index in [4.69, 9.17) is 14.2 Å². The van der Waals surface area contributed by atoms with Crippen LogP contribution in [0.2, 0.25) is 0 Å². The van der Waals surface area contributed by atoms with Crippen molar-refractivity contribution in [2.45, 2.75) is 37.8 Å². The molecule has 2 atom stereocenters. The molecule has 1 spiro atoms. The van der Waals surface area contributed by atoms with E-state index in [1.165, 1.54) is 12.1 Å². The lowest BCUT2D eigenvalue weighted by atomic mass is 9.68. The topological polar surface area (TPSA) is 72.6 Å². The van der Waals surface area contributed by atoms with Crippen molar-refractivity contribution in [3.05, 3.63) is 113 Å². The Balaban J connectivity index is 1.47. The zero-order valence-corrected chi connectivity index (χ0v) is 24.4. The highest BCUT2D eigenvalue weighted by atomic mass is 19.1. The number of amidine groups is 1. The zero-order chi connectivity index (χ0) is 29.5. The normalized spacial score (nSPS) is 20.7. The Hall–Kier alpha value is -4.43. The first-order chi connectivity index (χ1) is 20.3. The van der Waals surface area contributed by atoms with Crippen LogP contribution < -0.4 is 9.47 Å². The van der Waals surface area contributed by atoms with Gasteiger partial charge in [-0.25, -0.2) is 9.37 Å². The van der Waals surface area contributed by atoms with Crippen LogP contribution in [0.5, 0.6) is 11.5 Å². The van der Waals surface area contributed by atoms with E-state index in [-0.39, 0.29) is 11.2 Å². The van der Waals surface area contributed by atoms with Gasteiger partial charge in [0.15, 0.2) is 5.72 Å². The lowest BCUT2D eigenvalue weighted by molar-refractivity contribution is -0.107. The van der Waals surface area contributed by atoms with Crippen molar-refractivity contribution in [2.24, 2.45) is 0 Å². The molecule has 4 aromatic rings. The highest BCUT2D eigenvalue weighted by Crippen LogP contribution is 2.49. The summed E-state index contributed by atoms with van der Waals surface area (Å²) in [6.07, 6.45) is 7.25. The monoisotopic (exact) mass is 566 g/mol. The summed E-state index contributed by atoms with van der Waals surface area (Å²) < 4.78 is 33.9. The molecular formula is C34H35FN4O3. The Morgan fingerprint density at radius 3 is 2.60 bits per heavy atom. The molecule has 2 aliphatic heterocycles. The van der Waals surface area contributed by atoms with E-state index in [0.29, 0.717) is 31.2 Å². The van der Waals surface area contributed by atoms with Gasteiger partial charge in [0, 0.05) is 36.4 Å². The summed E-state index contributed by atoms with van der Waals surface area (Å²) in [4.78, 5) is 6.36. The Morgan fingerprint density at radius 1 is 1.10 bits per heavy atom. The average molecular weight is 567 g/mol. The number of nitrogens with zero attached hydrogens (tertiary/aromatic N) is 3. The van der Waals surface area contributed by atoms with E-state index in [9.17, 15) is 9.80 Å². The highest BCUT2D eigenvalue weighted by Gasteiger charge is 2.49. The van der Waals surface area contributed by atoms with Crippen LogP contribution in [0.1, 0.15) is 42.1 Å². The molecule has 1 fully saturated rings. The molecule has 0 aliphatic carbocycles. The number of halogens is 1. The van der Waals surface area contributed by atoms with E-state index in [1.54, 1.807) is 32.7 Å². The van der Waals surface area contributed by atoms with E-state index < -0.39 is 5.72 Å². The van der Waals surface area contributed by atoms with Crippen LogP contribution in [0.3, 0.4) is 0 Å². The fourth-order valence-electron chi connectivity index (χ4n) is 6.31. The minimum absolute atomic E-state index is 0.315. The minimum atomic E-state index is -1.01. The van der Waals surface area contributed by atoms with Gasteiger partial charge in [-0.1, -0.05) is 36.4 Å². The number of rotatable bonds is 6. The number of para-hydroxylation sites is 1. The number of methoxy groups -OCH3 is 2. The maximum absolute atomic E-state index is 13.9. The van der Waals surface area contributed by atoms with Crippen LogP contribution >= 0.6 is 0 Å². The molecule has 0 radical (unpaired) electrons. The van der Waals surface area contributed by atoms with Gasteiger partial charge in [-0.2, -0.15) is 0 Å². The minimum Gasteiger partial charge on any atom is -0.495 e. The number of hydrogen-bond donors (Lipinski definition) is 1. The van der Waals surface area contributed by atoms with Crippen molar-refractivity contribution in [1.29, 1.82) is 5.41 Å². The number of piperidine rings is 1. The molecular weight excluding hydrogens is 531 g/mol. The molecule has 0 amide bonds. The quantitative estimate of drug-likeness (QED) is 0.284. The van der Waals surface area contributed by atoms with E-state index >= 15 is 0 Å². The summed E-state index contributed by atoms with van der Waals surface area (Å²) in [6, 6.07) is 20.5. The number of likely N-dealkylation sites (tertiary alicyclic amines) is 1. The molecule has 1 saturated heterocycles. The Morgan fingerprint density at radius 2 is 1.88 bits per heavy atom. The molecule has 42 heavy (non-hydrogen) atoms. The van der Waals surface area contributed by atoms with Gasteiger partial charge in [-0.15, -0.1) is 0 Å². The third-order valence-electron chi connectivity index (χ3n) is 8.69. The predicted molar refractivity (Wildman–Crippen MR) is 161 cm³/mol. The molecule has 216 valence electrons. The van der Waals surface area contributed by atoms with Gasteiger partial charge in [0.25, 0.3) is 0 Å². The van der Waals surface area contributed by atoms with Crippen LogP contribution in [0.25, 0.3) is 11.8 Å². The third-order valence-corrected chi connectivity index (χ3v) is 8.69. The fourth-order valence-corrected chi connectivity index (χ4v) is 6.31. The standard InChI is InChI=1S/C34H35FN4O3/c1-23-20-38(22-37-23)29-14-9-24(18-31(29)40-3)17-25-19-34(15-16-42-30-8-6-5-7-28(30)34)21-39(32(25)36)33(2,41-4)26-10-12-27(35)13-11-26/h5-14,17-18,20,22,36H,15-16,19,21H2,1-4H3/b25-17+,36-32?. The maximum atomic E-state index is 13.9. The van der Waals surface area contributed by atoms with Crippen molar-refractivity contribution in [3.63, 3.8) is 0 Å². The number of nitrogens with one attached hydrogen (secondary N) is 1. The van der Waals surface area contributed by atoms with Gasteiger partial charge in [-0.3, -0.25) is 5.41 Å². The van der Waals surface area contributed by atoms with E-state index in [1.807, 2.05) is 65.9 Å². The van der Waals surface area contributed by atoms with E-state index in [2.05, 4.69) is 17.1 Å². The van der Waals surface area contributed by atoms with Crippen LogP contribution in [-0.2, 0) is 15.9 Å². The summed E-state index contributed by atoms with van der Waals surface area (Å²) in [5, 5.41) is 9.50. The summed E-state index contributed by atoms with van der Waals surface area (Å²) >= 11 is 0. The molecule has 1 aromatic heterocycles. The third kappa shape index (κ3) is 4.75. The lowest BCUT2D eigenvalue weighted by Gasteiger charge is -2.53.